The Bertz CT molecular complexity index is 726. The smallest absolute Gasteiger partial charge is 0.217 e. The maximum Gasteiger partial charge on any atom is 0.217 e. The maximum atomic E-state index is 5.76. The van der Waals surface area contributed by atoms with Gasteiger partial charge in [0.1, 0.15) is 0 Å². The molecule has 0 saturated heterocycles. The van der Waals surface area contributed by atoms with Gasteiger partial charge in [0.25, 0.3) is 0 Å². The van der Waals surface area contributed by atoms with Gasteiger partial charge >= 0.3 is 0 Å². The first kappa shape index (κ1) is 19.2. The summed E-state index contributed by atoms with van der Waals surface area (Å²) < 4.78 is 11.2. The van der Waals surface area contributed by atoms with Gasteiger partial charge in [-0.15, -0.1) is 0 Å². The van der Waals surface area contributed by atoms with Gasteiger partial charge in [-0.05, 0) is 61.8 Å². The minimum absolute atomic E-state index is 0.296. The molecule has 0 radical (unpaired) electrons. The topological polar surface area (TPSA) is 44.2 Å². The zero-order valence-electron chi connectivity index (χ0n) is 16.5. The van der Waals surface area contributed by atoms with Crippen molar-refractivity contribution in [3.63, 3.8) is 0 Å². The third-order valence-electron chi connectivity index (χ3n) is 4.70. The van der Waals surface area contributed by atoms with Crippen LogP contribution in [0.3, 0.4) is 0 Å². The highest BCUT2D eigenvalue weighted by Crippen LogP contribution is 2.34. The summed E-state index contributed by atoms with van der Waals surface area (Å²) in [6.45, 7) is 13.5. The molecule has 2 rings (SSSR count). The van der Waals surface area contributed by atoms with E-state index in [4.69, 9.17) is 9.47 Å². The van der Waals surface area contributed by atoms with E-state index in [1.807, 2.05) is 25.4 Å². The van der Waals surface area contributed by atoms with E-state index in [1.54, 1.807) is 7.11 Å². The van der Waals surface area contributed by atoms with Gasteiger partial charge in [-0.2, -0.15) is 0 Å². The third kappa shape index (κ3) is 4.12. The van der Waals surface area contributed by atoms with E-state index in [2.05, 4.69) is 44.6 Å². The van der Waals surface area contributed by atoms with Crippen molar-refractivity contribution < 1.29 is 9.47 Å². The molecule has 0 aromatic carbocycles. The van der Waals surface area contributed by atoms with E-state index in [1.165, 1.54) is 27.8 Å². The molecule has 2 aromatic rings. The SMILES string of the molecule is CCOc1nccc(C)c1C(C)Cc1cnc(OC)c(C(C)C)c1C. The number of rotatable bonds is 7. The van der Waals surface area contributed by atoms with Gasteiger partial charge in [-0.1, -0.05) is 20.8 Å². The Kier molecular flexibility index (Phi) is 6.40. The van der Waals surface area contributed by atoms with Crippen LogP contribution in [0.2, 0.25) is 0 Å². The van der Waals surface area contributed by atoms with Crippen molar-refractivity contribution in [2.24, 2.45) is 0 Å². The molecule has 0 N–H and O–H groups in total. The molecule has 25 heavy (non-hydrogen) atoms. The predicted octanol–water partition coefficient (Wildman–Crippen LogP) is 4.97. The van der Waals surface area contributed by atoms with Gasteiger partial charge in [0.2, 0.25) is 11.8 Å². The minimum Gasteiger partial charge on any atom is -0.481 e. The fourth-order valence-electron chi connectivity index (χ4n) is 3.51. The molecule has 0 saturated carbocycles. The molecule has 0 aliphatic carbocycles. The second-order valence-corrected chi connectivity index (χ2v) is 6.87. The Morgan fingerprint density at radius 1 is 1.04 bits per heavy atom. The van der Waals surface area contributed by atoms with E-state index >= 15 is 0 Å². The largest absolute Gasteiger partial charge is 0.481 e. The van der Waals surface area contributed by atoms with Gasteiger partial charge in [-0.3, -0.25) is 0 Å². The average Bonchev–Trinajstić information content (AvgIpc) is 2.56. The fraction of sp³-hybridized carbons (Fsp3) is 0.524. The summed E-state index contributed by atoms with van der Waals surface area (Å²) in [5.74, 6) is 2.15. The Morgan fingerprint density at radius 2 is 1.76 bits per heavy atom. The molecule has 0 fully saturated rings. The van der Waals surface area contributed by atoms with Crippen molar-refractivity contribution in [2.75, 3.05) is 13.7 Å². The van der Waals surface area contributed by atoms with Gasteiger partial charge in [0.15, 0.2) is 0 Å². The Morgan fingerprint density at radius 3 is 2.36 bits per heavy atom. The lowest BCUT2D eigenvalue weighted by Crippen LogP contribution is -2.09. The monoisotopic (exact) mass is 342 g/mol. The van der Waals surface area contributed by atoms with Crippen LogP contribution in [-0.2, 0) is 6.42 Å². The first-order chi connectivity index (χ1) is 11.9. The molecule has 2 heterocycles. The highest BCUT2D eigenvalue weighted by Gasteiger charge is 2.20. The van der Waals surface area contributed by atoms with Gasteiger partial charge in [0, 0.05) is 23.5 Å². The van der Waals surface area contributed by atoms with Crippen LogP contribution in [0, 0.1) is 13.8 Å². The zero-order chi connectivity index (χ0) is 18.6. The van der Waals surface area contributed by atoms with Gasteiger partial charge in [0.05, 0.1) is 13.7 Å². The Labute approximate surface area is 151 Å². The van der Waals surface area contributed by atoms with Crippen LogP contribution in [0.15, 0.2) is 18.5 Å². The molecule has 1 unspecified atom stereocenters. The van der Waals surface area contributed by atoms with Gasteiger partial charge < -0.3 is 9.47 Å². The molecule has 0 spiro atoms. The maximum absolute atomic E-state index is 5.76. The molecule has 0 amide bonds. The number of methoxy groups -OCH3 is 1. The summed E-state index contributed by atoms with van der Waals surface area (Å²) in [5, 5.41) is 0. The van der Waals surface area contributed by atoms with E-state index in [9.17, 15) is 0 Å². The molecule has 136 valence electrons. The molecule has 2 aromatic heterocycles. The number of ether oxygens (including phenoxy) is 2. The molecule has 0 aliphatic rings. The molecule has 0 bridgehead atoms. The fourth-order valence-corrected chi connectivity index (χ4v) is 3.51. The summed E-state index contributed by atoms with van der Waals surface area (Å²) in [6.07, 6.45) is 4.66. The summed E-state index contributed by atoms with van der Waals surface area (Å²) in [7, 11) is 1.68. The van der Waals surface area contributed by atoms with E-state index in [-0.39, 0.29) is 0 Å². The van der Waals surface area contributed by atoms with E-state index < -0.39 is 0 Å². The first-order valence-electron chi connectivity index (χ1n) is 9.01. The molecular formula is C21H30N2O2. The third-order valence-corrected chi connectivity index (χ3v) is 4.70. The summed E-state index contributed by atoms with van der Waals surface area (Å²) in [4.78, 5) is 8.97. The highest BCUT2D eigenvalue weighted by molar-refractivity contribution is 5.43. The van der Waals surface area contributed by atoms with Crippen LogP contribution in [-0.4, -0.2) is 23.7 Å². The number of aryl methyl sites for hydroxylation is 1. The second-order valence-electron chi connectivity index (χ2n) is 6.87. The predicted molar refractivity (Wildman–Crippen MR) is 102 cm³/mol. The number of hydrogen-bond acceptors (Lipinski definition) is 4. The zero-order valence-corrected chi connectivity index (χ0v) is 16.5. The van der Waals surface area contributed by atoms with Crippen molar-refractivity contribution in [2.45, 2.75) is 59.8 Å². The van der Waals surface area contributed by atoms with E-state index in [0.717, 1.165) is 18.2 Å². The van der Waals surface area contributed by atoms with Crippen molar-refractivity contribution in [1.82, 2.24) is 9.97 Å². The molecule has 1 atom stereocenters. The van der Waals surface area contributed by atoms with Crippen molar-refractivity contribution in [3.05, 3.63) is 46.3 Å². The summed E-state index contributed by atoms with van der Waals surface area (Å²) in [6, 6.07) is 2.05. The summed E-state index contributed by atoms with van der Waals surface area (Å²) >= 11 is 0. The minimum atomic E-state index is 0.296. The Balaban J connectivity index is 2.39. The van der Waals surface area contributed by atoms with Crippen molar-refractivity contribution >= 4 is 0 Å². The number of hydrogen-bond donors (Lipinski definition) is 0. The molecular weight excluding hydrogens is 312 g/mol. The number of nitrogens with zero attached hydrogens (tertiary/aromatic N) is 2. The van der Waals surface area contributed by atoms with Crippen molar-refractivity contribution in [1.29, 1.82) is 0 Å². The number of aromatic nitrogens is 2. The van der Waals surface area contributed by atoms with E-state index in [0.29, 0.717) is 18.4 Å². The lowest BCUT2D eigenvalue weighted by atomic mass is 9.88. The lowest BCUT2D eigenvalue weighted by molar-refractivity contribution is 0.320. The highest BCUT2D eigenvalue weighted by atomic mass is 16.5. The molecule has 0 aliphatic heterocycles. The van der Waals surface area contributed by atoms with Crippen LogP contribution in [0.25, 0.3) is 0 Å². The van der Waals surface area contributed by atoms with Crippen LogP contribution >= 0.6 is 0 Å². The van der Waals surface area contributed by atoms with Crippen LogP contribution in [0.5, 0.6) is 11.8 Å². The van der Waals surface area contributed by atoms with Crippen molar-refractivity contribution in [3.8, 4) is 11.8 Å². The standard InChI is InChI=1S/C21H30N2O2/c1-8-25-21-19(14(4)9-10-22-21)15(5)11-17-12-23-20(24-7)18(13(2)3)16(17)6/h9-10,12-13,15H,8,11H2,1-7H3. The quantitative estimate of drug-likeness (QED) is 0.712. The van der Waals surface area contributed by atoms with Crippen LogP contribution in [0.1, 0.15) is 67.3 Å². The summed E-state index contributed by atoms with van der Waals surface area (Å²) in [5.41, 5.74) is 6.12. The average molecular weight is 342 g/mol. The molecule has 4 heteroatoms. The molecule has 4 nitrogen and oxygen atoms in total. The van der Waals surface area contributed by atoms with Crippen LogP contribution in [0.4, 0.5) is 0 Å². The first-order valence-corrected chi connectivity index (χ1v) is 9.01. The van der Waals surface area contributed by atoms with Crippen LogP contribution < -0.4 is 9.47 Å². The second kappa shape index (κ2) is 8.32. The normalized spacial score (nSPS) is 12.3. The lowest BCUT2D eigenvalue weighted by Gasteiger charge is -2.21. The number of pyridine rings is 2. The Hall–Kier alpha value is -2.10. The van der Waals surface area contributed by atoms with Gasteiger partial charge in [-0.25, -0.2) is 9.97 Å².